The van der Waals surface area contributed by atoms with Gasteiger partial charge in [0.25, 0.3) is 0 Å². The second kappa shape index (κ2) is 7.11. The van der Waals surface area contributed by atoms with Crippen molar-refractivity contribution in [1.29, 1.82) is 0 Å². The van der Waals surface area contributed by atoms with Crippen LogP contribution in [0.25, 0.3) is 0 Å². The van der Waals surface area contributed by atoms with Crippen molar-refractivity contribution in [2.75, 3.05) is 0 Å². The van der Waals surface area contributed by atoms with Gasteiger partial charge in [-0.3, -0.25) is 0 Å². The first-order valence-corrected chi connectivity index (χ1v) is 11.0. The first-order chi connectivity index (χ1) is 13.6. The fraction of sp³-hybridized carbons (Fsp3) is 0.429. The topological polar surface area (TPSA) is 57.6 Å². The van der Waals surface area contributed by atoms with E-state index in [0.717, 1.165) is 17.7 Å². The molecule has 5 rings (SSSR count). The van der Waals surface area contributed by atoms with Crippen LogP contribution in [-0.4, -0.2) is 30.0 Å². The predicted molar refractivity (Wildman–Crippen MR) is 102 cm³/mol. The summed E-state index contributed by atoms with van der Waals surface area (Å²) in [6.45, 7) is 1.86. The van der Waals surface area contributed by atoms with Crippen LogP contribution in [0.5, 0.6) is 0 Å². The number of aryl methyl sites for hydroxylation is 1. The summed E-state index contributed by atoms with van der Waals surface area (Å²) in [5.74, 6) is -0.350. The van der Waals surface area contributed by atoms with Crippen molar-refractivity contribution in [2.45, 2.75) is 55.4 Å². The van der Waals surface area contributed by atoms with Crippen LogP contribution in [0.3, 0.4) is 0 Å². The standard InChI is InChI=1S/C21H22F3NO3S/c1-13-2-9-17(10-3-13)29(27,28)25-16-8-11-18(19(26)12-16)20(25)14-4-6-15(7-5-14)21(22,23)24/h2-7,9-10,16,18-20,26H,8,11-12H2,1H3/t16-,18+,19-,20+/m0/s1. The van der Waals surface area contributed by atoms with Crippen LogP contribution >= 0.6 is 0 Å². The molecule has 4 atom stereocenters. The van der Waals surface area contributed by atoms with Gasteiger partial charge in [-0.2, -0.15) is 17.5 Å². The number of rotatable bonds is 3. The second-order valence-electron chi connectivity index (χ2n) is 7.91. The molecule has 2 heterocycles. The van der Waals surface area contributed by atoms with Crippen molar-refractivity contribution >= 4 is 10.0 Å². The normalized spacial score (nSPS) is 27.9. The number of nitrogens with zero attached hydrogens (tertiary/aromatic N) is 1. The molecule has 3 fully saturated rings. The van der Waals surface area contributed by atoms with E-state index in [-0.39, 0.29) is 16.9 Å². The molecule has 2 bridgehead atoms. The summed E-state index contributed by atoms with van der Waals surface area (Å²) in [7, 11) is -3.87. The molecular weight excluding hydrogens is 403 g/mol. The van der Waals surface area contributed by atoms with Crippen LogP contribution in [-0.2, 0) is 16.2 Å². The Morgan fingerprint density at radius 3 is 2.17 bits per heavy atom. The number of piperidine rings is 2. The van der Waals surface area contributed by atoms with Gasteiger partial charge in [0.05, 0.1) is 22.6 Å². The number of hydrogen-bond donors (Lipinski definition) is 1. The Morgan fingerprint density at radius 2 is 1.62 bits per heavy atom. The quantitative estimate of drug-likeness (QED) is 0.798. The Morgan fingerprint density at radius 1 is 1.00 bits per heavy atom. The summed E-state index contributed by atoms with van der Waals surface area (Å²) in [5.41, 5.74) is 0.622. The van der Waals surface area contributed by atoms with E-state index in [2.05, 4.69) is 0 Å². The maximum atomic E-state index is 13.5. The Hall–Kier alpha value is -1.90. The molecule has 2 aromatic rings. The minimum absolute atomic E-state index is 0.155. The van der Waals surface area contributed by atoms with E-state index in [1.807, 2.05) is 6.92 Å². The highest BCUT2D eigenvalue weighted by atomic mass is 32.2. The predicted octanol–water partition coefficient (Wildman–Crippen LogP) is 4.29. The third-order valence-corrected chi connectivity index (χ3v) is 8.00. The highest BCUT2D eigenvalue weighted by Gasteiger charge is 2.52. The van der Waals surface area contributed by atoms with Crippen molar-refractivity contribution < 1.29 is 26.7 Å². The molecule has 0 aromatic heterocycles. The number of aliphatic hydroxyl groups is 1. The fourth-order valence-corrected chi connectivity index (χ4v) is 6.49. The summed E-state index contributed by atoms with van der Waals surface area (Å²) in [5, 5.41) is 10.5. The molecule has 0 spiro atoms. The average molecular weight is 425 g/mol. The fourth-order valence-electron chi connectivity index (χ4n) is 4.61. The van der Waals surface area contributed by atoms with Crippen LogP contribution in [0, 0.1) is 12.8 Å². The number of sulfonamides is 1. The van der Waals surface area contributed by atoms with Gasteiger partial charge in [-0.15, -0.1) is 0 Å². The van der Waals surface area contributed by atoms with E-state index in [0.29, 0.717) is 24.8 Å². The van der Waals surface area contributed by atoms with Crippen molar-refractivity contribution in [3.05, 3.63) is 65.2 Å². The average Bonchev–Trinajstić information content (AvgIpc) is 2.67. The van der Waals surface area contributed by atoms with Gasteiger partial charge in [0.15, 0.2) is 0 Å². The van der Waals surface area contributed by atoms with E-state index in [4.69, 9.17) is 0 Å². The van der Waals surface area contributed by atoms with E-state index in [1.54, 1.807) is 24.3 Å². The van der Waals surface area contributed by atoms with E-state index in [9.17, 15) is 26.7 Å². The SMILES string of the molecule is Cc1ccc(S(=O)(=O)N2[C@H]3CC[C@@H]([C@H]2c2ccc(C(F)(F)F)cc2)[C@@H](O)C3)cc1. The molecule has 1 aliphatic carbocycles. The third-order valence-electron chi connectivity index (χ3n) is 6.06. The molecule has 0 radical (unpaired) electrons. The minimum atomic E-state index is -4.46. The van der Waals surface area contributed by atoms with Crippen molar-refractivity contribution in [1.82, 2.24) is 4.31 Å². The lowest BCUT2D eigenvalue weighted by atomic mass is 9.72. The van der Waals surface area contributed by atoms with Crippen molar-refractivity contribution in [3.63, 3.8) is 0 Å². The lowest BCUT2D eigenvalue weighted by Crippen LogP contribution is -2.57. The van der Waals surface area contributed by atoms with Crippen molar-refractivity contribution in [3.8, 4) is 0 Å². The van der Waals surface area contributed by atoms with Crippen molar-refractivity contribution in [2.24, 2.45) is 5.92 Å². The Balaban J connectivity index is 1.78. The smallest absolute Gasteiger partial charge is 0.393 e. The van der Waals surface area contributed by atoms with Crippen LogP contribution < -0.4 is 0 Å². The summed E-state index contributed by atoms with van der Waals surface area (Å²) >= 11 is 0. The molecule has 29 heavy (non-hydrogen) atoms. The molecule has 0 amide bonds. The monoisotopic (exact) mass is 425 g/mol. The van der Waals surface area contributed by atoms with Crippen LogP contribution in [0.1, 0.15) is 42.0 Å². The van der Waals surface area contributed by atoms with Gasteiger partial charge in [-0.05, 0) is 56.0 Å². The Kier molecular flexibility index (Phi) is 4.99. The third kappa shape index (κ3) is 3.58. The zero-order valence-corrected chi connectivity index (χ0v) is 16.6. The first-order valence-electron chi connectivity index (χ1n) is 9.54. The maximum absolute atomic E-state index is 13.5. The molecule has 1 saturated carbocycles. The zero-order chi connectivity index (χ0) is 21.0. The summed E-state index contributed by atoms with van der Waals surface area (Å²) in [6.07, 6.45) is -3.53. The Labute approximate surface area is 168 Å². The van der Waals surface area contributed by atoms with Gasteiger partial charge in [-0.1, -0.05) is 29.8 Å². The lowest BCUT2D eigenvalue weighted by molar-refractivity contribution is -0.137. The largest absolute Gasteiger partial charge is 0.416 e. The molecule has 0 unspecified atom stereocenters. The maximum Gasteiger partial charge on any atom is 0.416 e. The van der Waals surface area contributed by atoms with E-state index >= 15 is 0 Å². The lowest BCUT2D eigenvalue weighted by Gasteiger charge is -2.52. The molecule has 2 aromatic carbocycles. The van der Waals surface area contributed by atoms with E-state index < -0.39 is 33.9 Å². The number of halogens is 3. The zero-order valence-electron chi connectivity index (χ0n) is 15.8. The summed E-state index contributed by atoms with van der Waals surface area (Å²) in [4.78, 5) is 0.155. The van der Waals surface area contributed by atoms with Gasteiger partial charge in [-0.25, -0.2) is 8.42 Å². The molecule has 2 saturated heterocycles. The van der Waals surface area contributed by atoms with Crippen LogP contribution in [0.4, 0.5) is 13.2 Å². The molecule has 3 aliphatic rings. The number of hydrogen-bond acceptors (Lipinski definition) is 3. The van der Waals surface area contributed by atoms with Gasteiger partial charge < -0.3 is 5.11 Å². The molecular formula is C21H22F3NO3S. The van der Waals surface area contributed by atoms with Crippen LogP contribution in [0.15, 0.2) is 53.4 Å². The number of benzene rings is 2. The summed E-state index contributed by atoms with van der Waals surface area (Å²) in [6, 6.07) is 10.1. The van der Waals surface area contributed by atoms with Gasteiger partial charge in [0.2, 0.25) is 10.0 Å². The number of fused-ring (bicyclic) bond motifs is 3. The van der Waals surface area contributed by atoms with Crippen LogP contribution in [0.2, 0.25) is 0 Å². The number of aliphatic hydroxyl groups excluding tert-OH is 1. The van der Waals surface area contributed by atoms with E-state index in [1.165, 1.54) is 16.4 Å². The molecule has 4 nitrogen and oxygen atoms in total. The van der Waals surface area contributed by atoms with Gasteiger partial charge >= 0.3 is 6.18 Å². The second-order valence-corrected chi connectivity index (χ2v) is 9.75. The Bertz CT molecular complexity index is 987. The first kappa shape index (κ1) is 20.4. The highest BCUT2D eigenvalue weighted by molar-refractivity contribution is 7.89. The van der Waals surface area contributed by atoms with Gasteiger partial charge in [0.1, 0.15) is 0 Å². The number of alkyl halides is 3. The molecule has 2 aliphatic heterocycles. The molecule has 156 valence electrons. The minimum Gasteiger partial charge on any atom is -0.393 e. The van der Waals surface area contributed by atoms with Gasteiger partial charge in [0, 0.05) is 12.0 Å². The molecule has 1 N–H and O–H groups in total. The summed E-state index contributed by atoms with van der Waals surface area (Å²) < 4.78 is 67.2. The highest BCUT2D eigenvalue weighted by Crippen LogP contribution is 2.50. The molecule has 8 heteroatoms.